The summed E-state index contributed by atoms with van der Waals surface area (Å²) >= 11 is 4.98. The molecule has 0 radical (unpaired) electrons. The van der Waals surface area contributed by atoms with Gasteiger partial charge in [0.15, 0.2) is 0 Å². The minimum atomic E-state index is -0.193. The van der Waals surface area contributed by atoms with E-state index in [2.05, 4.69) is 35.0 Å². The molecule has 0 amide bonds. The molecule has 2 aromatic carbocycles. The van der Waals surface area contributed by atoms with Gasteiger partial charge in [0.1, 0.15) is 5.82 Å². The van der Waals surface area contributed by atoms with E-state index >= 15 is 0 Å². The van der Waals surface area contributed by atoms with Gasteiger partial charge in [-0.15, -0.1) is 0 Å². The van der Waals surface area contributed by atoms with E-state index in [0.717, 1.165) is 22.2 Å². The molecule has 0 saturated heterocycles. The fraction of sp³-hybridized carbons (Fsp3) is 0.250. The highest BCUT2D eigenvalue weighted by Gasteiger charge is 2.08. The van der Waals surface area contributed by atoms with Crippen molar-refractivity contribution in [1.29, 1.82) is 0 Å². The monoisotopic (exact) mass is 353 g/mol. The second-order valence-corrected chi connectivity index (χ2v) is 6.61. The van der Waals surface area contributed by atoms with Crippen molar-refractivity contribution in [1.82, 2.24) is 0 Å². The summed E-state index contributed by atoms with van der Waals surface area (Å²) in [6, 6.07) is 13.1. The van der Waals surface area contributed by atoms with E-state index in [0.29, 0.717) is 4.90 Å². The minimum Gasteiger partial charge on any atom is -0.327 e. The van der Waals surface area contributed by atoms with Gasteiger partial charge in [0.05, 0.1) is 0 Å². The number of rotatable bonds is 5. The van der Waals surface area contributed by atoms with Crippen LogP contribution in [0, 0.1) is 5.82 Å². The highest BCUT2D eigenvalue weighted by atomic mass is 79.9. The fourth-order valence-electron chi connectivity index (χ4n) is 1.85. The van der Waals surface area contributed by atoms with Crippen LogP contribution in [0.5, 0.6) is 0 Å². The second kappa shape index (κ2) is 7.25. The van der Waals surface area contributed by atoms with Crippen molar-refractivity contribution < 1.29 is 4.39 Å². The Hall–Kier alpha value is -0.840. The molecule has 1 unspecified atom stereocenters. The van der Waals surface area contributed by atoms with Crippen molar-refractivity contribution in [2.45, 2.75) is 35.6 Å². The molecule has 0 aliphatic carbocycles. The molecule has 0 aliphatic heterocycles. The topological polar surface area (TPSA) is 26.0 Å². The lowest BCUT2D eigenvalue weighted by Crippen LogP contribution is -2.21. The lowest BCUT2D eigenvalue weighted by Gasteiger charge is -2.11. The summed E-state index contributed by atoms with van der Waals surface area (Å²) in [4.78, 5) is 1.63. The smallest absolute Gasteiger partial charge is 0.137 e. The Morgan fingerprint density at radius 3 is 2.60 bits per heavy atom. The van der Waals surface area contributed by atoms with Crippen molar-refractivity contribution in [3.8, 4) is 0 Å². The molecule has 2 rings (SSSR count). The van der Waals surface area contributed by atoms with Crippen molar-refractivity contribution in [3.05, 3.63) is 58.3 Å². The Kier molecular flexibility index (Phi) is 5.64. The van der Waals surface area contributed by atoms with Gasteiger partial charge in [0.25, 0.3) is 0 Å². The van der Waals surface area contributed by atoms with Crippen LogP contribution in [-0.2, 0) is 6.42 Å². The average Bonchev–Trinajstić information content (AvgIpc) is 2.44. The zero-order valence-corrected chi connectivity index (χ0v) is 13.7. The Morgan fingerprint density at radius 2 is 1.95 bits per heavy atom. The summed E-state index contributed by atoms with van der Waals surface area (Å²) in [7, 11) is 0. The third-order valence-electron chi connectivity index (χ3n) is 3.08. The van der Waals surface area contributed by atoms with Gasteiger partial charge in [-0.2, -0.15) is 0 Å². The molecule has 1 atom stereocenters. The lowest BCUT2D eigenvalue weighted by atomic mass is 10.1. The molecule has 0 heterocycles. The van der Waals surface area contributed by atoms with Crippen molar-refractivity contribution in [2.75, 3.05) is 0 Å². The maximum absolute atomic E-state index is 13.7. The van der Waals surface area contributed by atoms with Crippen LogP contribution in [-0.4, -0.2) is 6.04 Å². The molecule has 0 aliphatic rings. The molecule has 0 aromatic heterocycles. The van der Waals surface area contributed by atoms with Gasteiger partial charge in [-0.05, 0) is 58.6 Å². The molecular weight excluding hydrogens is 337 g/mol. The third kappa shape index (κ3) is 4.08. The van der Waals surface area contributed by atoms with Crippen LogP contribution in [0.1, 0.15) is 18.9 Å². The first kappa shape index (κ1) is 15.5. The summed E-state index contributed by atoms with van der Waals surface area (Å²) < 4.78 is 14.6. The maximum atomic E-state index is 13.7. The number of benzene rings is 2. The first-order valence-electron chi connectivity index (χ1n) is 6.56. The van der Waals surface area contributed by atoms with Crippen LogP contribution in [0.15, 0.2) is 56.7 Å². The van der Waals surface area contributed by atoms with Gasteiger partial charge in [0, 0.05) is 20.3 Å². The minimum absolute atomic E-state index is 0.187. The quantitative estimate of drug-likeness (QED) is 0.816. The Balaban J connectivity index is 2.16. The van der Waals surface area contributed by atoms with Crippen LogP contribution < -0.4 is 5.73 Å². The van der Waals surface area contributed by atoms with Crippen molar-refractivity contribution >= 4 is 27.7 Å². The molecule has 0 fully saturated rings. The molecular formula is C16H17BrFNS. The van der Waals surface area contributed by atoms with E-state index in [-0.39, 0.29) is 11.9 Å². The zero-order valence-electron chi connectivity index (χ0n) is 11.3. The van der Waals surface area contributed by atoms with E-state index in [1.807, 2.05) is 12.1 Å². The Bertz CT molecular complexity index is 588. The maximum Gasteiger partial charge on any atom is 0.137 e. The second-order valence-electron chi connectivity index (χ2n) is 4.67. The van der Waals surface area contributed by atoms with Crippen LogP contribution in [0.4, 0.5) is 4.39 Å². The SMILES string of the molecule is CCC(N)Cc1ccc(Sc2ccccc2F)c(Br)c1. The highest BCUT2D eigenvalue weighted by Crippen LogP contribution is 2.35. The normalized spacial score (nSPS) is 12.4. The van der Waals surface area contributed by atoms with Gasteiger partial charge in [-0.25, -0.2) is 4.39 Å². The summed E-state index contributed by atoms with van der Waals surface area (Å²) in [5.41, 5.74) is 7.16. The van der Waals surface area contributed by atoms with Crippen molar-refractivity contribution in [2.24, 2.45) is 5.73 Å². The van der Waals surface area contributed by atoms with Gasteiger partial charge in [-0.1, -0.05) is 36.9 Å². The number of halogens is 2. The van der Waals surface area contributed by atoms with Gasteiger partial charge in [-0.3, -0.25) is 0 Å². The summed E-state index contributed by atoms with van der Waals surface area (Å²) in [5, 5.41) is 0. The number of hydrogen-bond acceptors (Lipinski definition) is 2. The summed E-state index contributed by atoms with van der Waals surface area (Å²) in [6.45, 7) is 2.09. The largest absolute Gasteiger partial charge is 0.327 e. The molecule has 0 saturated carbocycles. The van der Waals surface area contributed by atoms with Crippen LogP contribution in [0.25, 0.3) is 0 Å². The predicted molar refractivity (Wildman–Crippen MR) is 86.6 cm³/mol. The van der Waals surface area contributed by atoms with Crippen LogP contribution in [0.2, 0.25) is 0 Å². The molecule has 106 valence electrons. The van der Waals surface area contributed by atoms with Crippen LogP contribution >= 0.6 is 27.7 Å². The first-order valence-corrected chi connectivity index (χ1v) is 8.17. The molecule has 2 aromatic rings. The van der Waals surface area contributed by atoms with E-state index in [1.54, 1.807) is 12.1 Å². The third-order valence-corrected chi connectivity index (χ3v) is 5.12. The standard InChI is InChI=1S/C16H17BrFNS/c1-2-12(19)9-11-7-8-15(13(17)10-11)20-16-6-4-3-5-14(16)18/h3-8,10,12H,2,9,19H2,1H3. The average molecular weight is 354 g/mol. The predicted octanol–water partition coefficient (Wildman–Crippen LogP) is 5.02. The van der Waals surface area contributed by atoms with Crippen molar-refractivity contribution in [3.63, 3.8) is 0 Å². The lowest BCUT2D eigenvalue weighted by molar-refractivity contribution is 0.602. The van der Waals surface area contributed by atoms with Gasteiger partial charge < -0.3 is 5.73 Å². The molecule has 0 bridgehead atoms. The Labute approximate surface area is 131 Å². The summed E-state index contributed by atoms with van der Waals surface area (Å²) in [6.07, 6.45) is 1.82. The van der Waals surface area contributed by atoms with Gasteiger partial charge >= 0.3 is 0 Å². The van der Waals surface area contributed by atoms with Gasteiger partial charge in [0.2, 0.25) is 0 Å². The fourth-order valence-corrected chi connectivity index (χ4v) is 3.36. The highest BCUT2D eigenvalue weighted by molar-refractivity contribution is 9.10. The molecule has 20 heavy (non-hydrogen) atoms. The van der Waals surface area contributed by atoms with E-state index in [9.17, 15) is 4.39 Å². The van der Waals surface area contributed by atoms with E-state index in [4.69, 9.17) is 5.73 Å². The molecule has 2 N–H and O–H groups in total. The molecule has 1 nitrogen and oxygen atoms in total. The number of hydrogen-bond donors (Lipinski definition) is 1. The molecule has 0 spiro atoms. The summed E-state index contributed by atoms with van der Waals surface area (Å²) in [5.74, 6) is -0.193. The van der Waals surface area contributed by atoms with E-state index in [1.165, 1.54) is 23.4 Å². The first-order chi connectivity index (χ1) is 9.60. The van der Waals surface area contributed by atoms with E-state index < -0.39 is 0 Å². The van der Waals surface area contributed by atoms with Crippen LogP contribution in [0.3, 0.4) is 0 Å². The number of nitrogens with two attached hydrogens (primary N) is 1. The zero-order chi connectivity index (χ0) is 14.5. The Morgan fingerprint density at radius 1 is 1.20 bits per heavy atom. The molecule has 4 heteroatoms.